The third-order valence-electron chi connectivity index (χ3n) is 6.79. The van der Waals surface area contributed by atoms with Crippen LogP contribution in [0.25, 0.3) is 32.3 Å². The van der Waals surface area contributed by atoms with E-state index in [1.165, 1.54) is 43.6 Å². The topological polar surface area (TPSA) is 9.23 Å². The van der Waals surface area contributed by atoms with Crippen LogP contribution in [0.2, 0.25) is 0 Å². The first-order valence-electron chi connectivity index (χ1n) is 11.1. The van der Waals surface area contributed by atoms with E-state index in [1.807, 2.05) is 0 Å². The molecule has 0 spiro atoms. The molecule has 0 amide bonds. The molecule has 1 atom stereocenters. The van der Waals surface area contributed by atoms with E-state index in [0.29, 0.717) is 0 Å². The predicted molar refractivity (Wildman–Crippen MR) is 133 cm³/mol. The van der Waals surface area contributed by atoms with Crippen LogP contribution in [0.5, 0.6) is 11.5 Å². The summed E-state index contributed by atoms with van der Waals surface area (Å²) in [6.07, 6.45) is 0. The van der Waals surface area contributed by atoms with E-state index in [-0.39, 0.29) is 5.92 Å². The average molecular weight is 409 g/mol. The van der Waals surface area contributed by atoms with Crippen LogP contribution in [0.15, 0.2) is 115 Å². The molecule has 0 aromatic heterocycles. The highest BCUT2D eigenvalue weighted by atomic mass is 16.5. The van der Waals surface area contributed by atoms with Crippen LogP contribution >= 0.6 is 0 Å². The number of ether oxygens (including phenoxy) is 1. The normalized spacial score (nSPS) is 14.8. The lowest BCUT2D eigenvalue weighted by Crippen LogP contribution is -2.13. The Kier molecular flexibility index (Phi) is 3.68. The van der Waals surface area contributed by atoms with Gasteiger partial charge in [-0.05, 0) is 38.6 Å². The second-order valence-electron chi connectivity index (χ2n) is 8.51. The van der Waals surface area contributed by atoms with Crippen molar-refractivity contribution in [3.05, 3.63) is 132 Å². The Labute approximate surface area is 186 Å². The molecule has 0 radical (unpaired) electrons. The molecule has 1 unspecified atom stereocenters. The number of hydrogen-bond acceptors (Lipinski definition) is 1. The number of fused-ring (bicyclic) bond motifs is 7. The van der Waals surface area contributed by atoms with E-state index in [9.17, 15) is 0 Å². The monoisotopic (exact) mass is 408 g/mol. The van der Waals surface area contributed by atoms with E-state index in [1.54, 1.807) is 0 Å². The molecular weight excluding hydrogens is 388 g/mol. The maximum atomic E-state index is 6.66. The van der Waals surface area contributed by atoms with Crippen molar-refractivity contribution >= 4 is 32.3 Å². The molecule has 1 aliphatic rings. The SMILES string of the molecule is c1ccc2c(C3c4ccc5ccccc5c4Oc4ccc5ccccc5c43)cccc2c1. The van der Waals surface area contributed by atoms with Crippen LogP contribution in [0.4, 0.5) is 0 Å². The van der Waals surface area contributed by atoms with Crippen LogP contribution in [0, 0.1) is 0 Å². The zero-order chi connectivity index (χ0) is 21.1. The van der Waals surface area contributed by atoms with Crippen molar-refractivity contribution in [3.8, 4) is 11.5 Å². The molecule has 6 aromatic rings. The molecule has 1 heteroatoms. The summed E-state index contributed by atoms with van der Waals surface area (Å²) in [6, 6.07) is 41.3. The lowest BCUT2D eigenvalue weighted by Gasteiger charge is -2.31. The van der Waals surface area contributed by atoms with Crippen molar-refractivity contribution in [1.29, 1.82) is 0 Å². The zero-order valence-electron chi connectivity index (χ0n) is 17.5. The van der Waals surface area contributed by atoms with Crippen molar-refractivity contribution in [1.82, 2.24) is 0 Å². The minimum Gasteiger partial charge on any atom is -0.456 e. The number of rotatable bonds is 1. The molecule has 0 aliphatic carbocycles. The molecule has 0 saturated heterocycles. The Bertz CT molecular complexity index is 1660. The van der Waals surface area contributed by atoms with E-state index < -0.39 is 0 Å². The van der Waals surface area contributed by atoms with Crippen LogP contribution < -0.4 is 4.74 Å². The van der Waals surface area contributed by atoms with Gasteiger partial charge in [-0.2, -0.15) is 0 Å². The first kappa shape index (κ1) is 17.6. The van der Waals surface area contributed by atoms with Crippen molar-refractivity contribution in [2.75, 3.05) is 0 Å². The summed E-state index contributed by atoms with van der Waals surface area (Å²) in [5.74, 6) is 2.02. The smallest absolute Gasteiger partial charge is 0.139 e. The van der Waals surface area contributed by atoms with Crippen molar-refractivity contribution in [3.63, 3.8) is 0 Å². The van der Waals surface area contributed by atoms with Gasteiger partial charge in [0.2, 0.25) is 0 Å². The van der Waals surface area contributed by atoms with Crippen molar-refractivity contribution in [2.24, 2.45) is 0 Å². The van der Waals surface area contributed by atoms with Gasteiger partial charge in [0.05, 0.1) is 0 Å². The van der Waals surface area contributed by atoms with E-state index >= 15 is 0 Å². The molecule has 6 aromatic carbocycles. The molecule has 150 valence electrons. The highest BCUT2D eigenvalue weighted by Crippen LogP contribution is 2.52. The quantitative estimate of drug-likeness (QED) is 0.265. The molecular formula is C31H20O. The Hall–Kier alpha value is -4.10. The third kappa shape index (κ3) is 2.45. The standard InChI is InChI=1S/C31H20O/c1-4-12-23-20(8-1)11-7-15-26(23)29-27-18-16-22-10-3-6-14-25(22)31(27)32-28-19-17-21-9-2-5-13-24(21)30(28)29/h1-19,29H. The Morgan fingerprint density at radius 2 is 1.03 bits per heavy atom. The van der Waals surface area contributed by atoms with E-state index in [2.05, 4.69) is 115 Å². The lowest BCUT2D eigenvalue weighted by molar-refractivity contribution is 0.460. The van der Waals surface area contributed by atoms with Gasteiger partial charge in [0.1, 0.15) is 11.5 Å². The van der Waals surface area contributed by atoms with E-state index in [0.717, 1.165) is 16.9 Å². The lowest BCUT2D eigenvalue weighted by atomic mass is 9.78. The molecule has 1 nitrogen and oxygen atoms in total. The van der Waals surface area contributed by atoms with Gasteiger partial charge in [0, 0.05) is 22.4 Å². The molecule has 0 N–H and O–H groups in total. The first-order valence-corrected chi connectivity index (χ1v) is 11.1. The zero-order valence-corrected chi connectivity index (χ0v) is 17.5. The largest absolute Gasteiger partial charge is 0.456 e. The maximum Gasteiger partial charge on any atom is 0.139 e. The van der Waals surface area contributed by atoms with Gasteiger partial charge in [0.15, 0.2) is 0 Å². The fourth-order valence-electron chi connectivity index (χ4n) is 5.35. The Balaban J connectivity index is 1.64. The van der Waals surface area contributed by atoms with Crippen LogP contribution in [0.3, 0.4) is 0 Å². The van der Waals surface area contributed by atoms with Gasteiger partial charge in [-0.25, -0.2) is 0 Å². The second kappa shape index (κ2) is 6.70. The number of benzene rings is 6. The average Bonchev–Trinajstić information content (AvgIpc) is 2.87. The fourth-order valence-corrected chi connectivity index (χ4v) is 5.35. The fraction of sp³-hybridized carbons (Fsp3) is 0.0323. The molecule has 1 heterocycles. The molecule has 7 rings (SSSR count). The summed E-state index contributed by atoms with van der Waals surface area (Å²) in [5, 5.41) is 7.41. The highest BCUT2D eigenvalue weighted by Gasteiger charge is 2.32. The molecule has 1 aliphatic heterocycles. The minimum atomic E-state index is 0.0931. The summed E-state index contributed by atoms with van der Waals surface area (Å²) < 4.78 is 6.66. The molecule has 0 fully saturated rings. The van der Waals surface area contributed by atoms with Crippen LogP contribution in [0.1, 0.15) is 22.6 Å². The van der Waals surface area contributed by atoms with Crippen LogP contribution in [-0.4, -0.2) is 0 Å². The van der Waals surface area contributed by atoms with Gasteiger partial charge in [-0.15, -0.1) is 0 Å². The van der Waals surface area contributed by atoms with E-state index in [4.69, 9.17) is 4.74 Å². The third-order valence-corrected chi connectivity index (χ3v) is 6.79. The van der Waals surface area contributed by atoms with Crippen LogP contribution in [-0.2, 0) is 0 Å². The van der Waals surface area contributed by atoms with Gasteiger partial charge >= 0.3 is 0 Å². The van der Waals surface area contributed by atoms with Crippen molar-refractivity contribution in [2.45, 2.75) is 5.92 Å². The molecule has 32 heavy (non-hydrogen) atoms. The highest BCUT2D eigenvalue weighted by molar-refractivity contribution is 5.96. The van der Waals surface area contributed by atoms with Gasteiger partial charge in [-0.1, -0.05) is 109 Å². The second-order valence-corrected chi connectivity index (χ2v) is 8.51. The molecule has 0 saturated carbocycles. The summed E-state index contributed by atoms with van der Waals surface area (Å²) in [7, 11) is 0. The van der Waals surface area contributed by atoms with Gasteiger partial charge < -0.3 is 4.74 Å². The predicted octanol–water partition coefficient (Wildman–Crippen LogP) is 8.43. The van der Waals surface area contributed by atoms with Gasteiger partial charge in [-0.3, -0.25) is 0 Å². The summed E-state index contributed by atoms with van der Waals surface area (Å²) >= 11 is 0. The first-order chi connectivity index (χ1) is 15.9. The maximum absolute atomic E-state index is 6.66. The van der Waals surface area contributed by atoms with Gasteiger partial charge in [0.25, 0.3) is 0 Å². The molecule has 0 bridgehead atoms. The number of hydrogen-bond donors (Lipinski definition) is 0. The van der Waals surface area contributed by atoms with Crippen molar-refractivity contribution < 1.29 is 4.74 Å². The Morgan fingerprint density at radius 1 is 0.438 bits per heavy atom. The summed E-state index contributed by atoms with van der Waals surface area (Å²) in [5.41, 5.74) is 3.80. The summed E-state index contributed by atoms with van der Waals surface area (Å²) in [4.78, 5) is 0. The minimum absolute atomic E-state index is 0.0931. The Morgan fingerprint density at radius 3 is 1.84 bits per heavy atom. The summed E-state index contributed by atoms with van der Waals surface area (Å²) in [6.45, 7) is 0.